The molecule has 3 unspecified atom stereocenters. The van der Waals surface area contributed by atoms with E-state index in [1.807, 2.05) is 0 Å². The van der Waals surface area contributed by atoms with Crippen molar-refractivity contribution in [1.82, 2.24) is 0 Å². The summed E-state index contributed by atoms with van der Waals surface area (Å²) in [5, 5.41) is 0. The molecule has 0 saturated heterocycles. The Labute approximate surface area is 51.3 Å². The molecule has 0 bridgehead atoms. The predicted octanol–water partition coefficient (Wildman–Crippen LogP) is 2.30. The molecule has 46 valence electrons. The summed E-state index contributed by atoms with van der Waals surface area (Å²) >= 11 is 0. The molecule has 2 aliphatic carbocycles. The van der Waals surface area contributed by atoms with Gasteiger partial charge in [-0.1, -0.05) is 20.3 Å². The Morgan fingerprint density at radius 3 is 2.25 bits per heavy atom. The van der Waals surface area contributed by atoms with Gasteiger partial charge in [-0.25, -0.2) is 0 Å². The van der Waals surface area contributed by atoms with E-state index in [2.05, 4.69) is 13.8 Å². The van der Waals surface area contributed by atoms with E-state index in [0.29, 0.717) is 0 Å². The maximum atomic E-state index is 2.40. The highest BCUT2D eigenvalue weighted by atomic mass is 14.7. The van der Waals surface area contributed by atoms with Crippen molar-refractivity contribution in [3.63, 3.8) is 0 Å². The molecule has 8 heavy (non-hydrogen) atoms. The van der Waals surface area contributed by atoms with Crippen LogP contribution in [0.1, 0.15) is 26.7 Å². The highest BCUT2D eigenvalue weighted by Gasteiger charge is 2.64. The summed E-state index contributed by atoms with van der Waals surface area (Å²) in [7, 11) is 0. The van der Waals surface area contributed by atoms with Crippen LogP contribution in [0.15, 0.2) is 0 Å². The van der Waals surface area contributed by atoms with E-state index in [9.17, 15) is 0 Å². The molecule has 2 saturated carbocycles. The molecule has 0 nitrogen and oxygen atoms in total. The Morgan fingerprint density at radius 2 is 2.12 bits per heavy atom. The second-order valence-electron chi connectivity index (χ2n) is 3.53. The van der Waals surface area contributed by atoms with Crippen LogP contribution in [0.5, 0.6) is 0 Å². The quantitative estimate of drug-likeness (QED) is 0.511. The van der Waals surface area contributed by atoms with E-state index < -0.39 is 0 Å². The fourth-order valence-corrected chi connectivity index (χ4v) is 1.94. The zero-order valence-corrected chi connectivity index (χ0v) is 5.72. The van der Waals surface area contributed by atoms with Crippen molar-refractivity contribution < 1.29 is 0 Å². The Morgan fingerprint density at radius 1 is 1.50 bits per heavy atom. The maximum absolute atomic E-state index is 2.40. The first kappa shape index (κ1) is 4.84. The van der Waals surface area contributed by atoms with Crippen molar-refractivity contribution in [2.75, 3.05) is 0 Å². The van der Waals surface area contributed by atoms with E-state index in [1.54, 1.807) is 6.42 Å². The molecular formula is C8H14. The predicted molar refractivity (Wildman–Crippen MR) is 34.5 cm³/mol. The van der Waals surface area contributed by atoms with E-state index in [-0.39, 0.29) is 0 Å². The van der Waals surface area contributed by atoms with Gasteiger partial charge in [0.25, 0.3) is 0 Å². The summed E-state index contributed by atoms with van der Waals surface area (Å²) in [6.07, 6.45) is 2.98. The molecule has 3 atom stereocenters. The topological polar surface area (TPSA) is 0 Å². The lowest BCUT2D eigenvalue weighted by Gasteiger charge is -2.09. The normalized spacial score (nSPS) is 52.5. The summed E-state index contributed by atoms with van der Waals surface area (Å²) in [5.74, 6) is 4.65. The van der Waals surface area contributed by atoms with Crippen molar-refractivity contribution in [1.29, 1.82) is 0 Å². The van der Waals surface area contributed by atoms with E-state index >= 15 is 0 Å². The first-order valence-electron chi connectivity index (χ1n) is 3.84. The molecule has 0 aromatic heterocycles. The van der Waals surface area contributed by atoms with Crippen LogP contribution in [0.25, 0.3) is 0 Å². The second kappa shape index (κ2) is 1.29. The summed E-state index contributed by atoms with van der Waals surface area (Å²) in [6, 6.07) is 0. The van der Waals surface area contributed by atoms with Crippen LogP contribution in [0.3, 0.4) is 0 Å². The average Bonchev–Trinajstić information content (AvgIpc) is 2.47. The third-order valence-electron chi connectivity index (χ3n) is 3.04. The molecule has 0 heteroatoms. The lowest BCUT2D eigenvalue weighted by molar-refractivity contribution is 0.404. The van der Waals surface area contributed by atoms with Crippen LogP contribution in [-0.2, 0) is 0 Å². The fourth-order valence-electron chi connectivity index (χ4n) is 1.94. The summed E-state index contributed by atoms with van der Waals surface area (Å²) in [5.41, 5.74) is 0. The van der Waals surface area contributed by atoms with E-state index in [0.717, 1.165) is 5.92 Å². The monoisotopic (exact) mass is 110 g/mol. The summed E-state index contributed by atoms with van der Waals surface area (Å²) < 4.78 is 0. The van der Waals surface area contributed by atoms with Gasteiger partial charge in [0.15, 0.2) is 0 Å². The minimum absolute atomic E-state index is 1.04. The van der Waals surface area contributed by atoms with Gasteiger partial charge in [-0.05, 0) is 30.1 Å². The Hall–Kier alpha value is 0. The van der Waals surface area contributed by atoms with Crippen LogP contribution < -0.4 is 0 Å². The summed E-state index contributed by atoms with van der Waals surface area (Å²) in [6.45, 7) is 4.71. The average molecular weight is 110 g/mol. The second-order valence-corrected chi connectivity index (χ2v) is 3.53. The Kier molecular flexibility index (Phi) is 0.778. The van der Waals surface area contributed by atoms with Gasteiger partial charge in [0, 0.05) is 0 Å². The number of hydrogen-bond acceptors (Lipinski definition) is 0. The van der Waals surface area contributed by atoms with Crippen molar-refractivity contribution >= 4 is 0 Å². The third-order valence-corrected chi connectivity index (χ3v) is 3.04. The molecule has 2 rings (SSSR count). The molecule has 0 radical (unpaired) electrons. The van der Waals surface area contributed by atoms with Gasteiger partial charge in [-0.3, -0.25) is 0 Å². The van der Waals surface area contributed by atoms with Gasteiger partial charge in [0.1, 0.15) is 0 Å². The van der Waals surface area contributed by atoms with Crippen molar-refractivity contribution in [2.45, 2.75) is 26.7 Å². The Bertz CT molecular complexity index is 98.6. The van der Waals surface area contributed by atoms with Crippen LogP contribution in [0, 0.1) is 23.7 Å². The molecule has 0 aromatic carbocycles. The zero-order chi connectivity index (χ0) is 5.72. The molecule has 0 aliphatic heterocycles. The van der Waals surface area contributed by atoms with Crippen LogP contribution in [0.2, 0.25) is 0 Å². The molecule has 0 N–H and O–H groups in total. The molecule has 0 amide bonds. The van der Waals surface area contributed by atoms with Gasteiger partial charge >= 0.3 is 0 Å². The highest BCUT2D eigenvalue weighted by Crippen LogP contribution is 2.71. The van der Waals surface area contributed by atoms with Crippen molar-refractivity contribution in [3.05, 3.63) is 0 Å². The minimum Gasteiger partial charge on any atom is -0.0651 e. The molecule has 2 fully saturated rings. The van der Waals surface area contributed by atoms with Gasteiger partial charge in [-0.15, -0.1) is 0 Å². The maximum Gasteiger partial charge on any atom is -0.0326 e. The van der Waals surface area contributed by atoms with Gasteiger partial charge in [0.2, 0.25) is 0 Å². The summed E-state index contributed by atoms with van der Waals surface area (Å²) in [4.78, 5) is 0. The smallest absolute Gasteiger partial charge is 0.0326 e. The highest BCUT2D eigenvalue weighted by molar-refractivity contribution is 5.13. The van der Waals surface area contributed by atoms with Gasteiger partial charge in [0.05, 0.1) is 0 Å². The van der Waals surface area contributed by atoms with Crippen LogP contribution in [-0.4, -0.2) is 0 Å². The number of fused-ring (bicyclic) bond motifs is 1. The first-order valence-corrected chi connectivity index (χ1v) is 3.84. The van der Waals surface area contributed by atoms with Crippen molar-refractivity contribution in [3.8, 4) is 0 Å². The minimum atomic E-state index is 1.04. The zero-order valence-electron chi connectivity index (χ0n) is 5.72. The molecular weight excluding hydrogens is 96.1 g/mol. The lowest BCUT2D eigenvalue weighted by atomic mass is 9.96. The van der Waals surface area contributed by atoms with Crippen LogP contribution >= 0.6 is 0 Å². The van der Waals surface area contributed by atoms with E-state index in [4.69, 9.17) is 0 Å². The molecule has 0 aromatic rings. The Balaban J connectivity index is 1.82. The SMILES string of the molecule is CCC(C)C1C2CC21. The standard InChI is InChI=1S/C8H14/c1-3-5(2)8-6-4-7(6)8/h5-8H,3-4H2,1-2H3. The molecule has 0 spiro atoms. The molecule has 2 aliphatic rings. The van der Waals surface area contributed by atoms with Crippen LogP contribution in [0.4, 0.5) is 0 Å². The largest absolute Gasteiger partial charge is 0.0651 e. The molecule has 0 heterocycles. The lowest BCUT2D eigenvalue weighted by Crippen LogP contribution is -2.01. The number of hydrogen-bond donors (Lipinski definition) is 0. The van der Waals surface area contributed by atoms with Gasteiger partial charge < -0.3 is 0 Å². The fraction of sp³-hybridized carbons (Fsp3) is 1.00. The third kappa shape index (κ3) is 0.463. The van der Waals surface area contributed by atoms with Crippen molar-refractivity contribution in [2.24, 2.45) is 23.7 Å². The van der Waals surface area contributed by atoms with E-state index in [1.165, 1.54) is 24.2 Å². The number of rotatable bonds is 2. The van der Waals surface area contributed by atoms with Gasteiger partial charge in [-0.2, -0.15) is 0 Å². The first-order chi connectivity index (χ1) is 3.84.